The van der Waals surface area contributed by atoms with Crippen LogP contribution in [0.4, 0.5) is 0 Å². The Bertz CT molecular complexity index is 565. The number of carboxylic acid groups (broad SMARTS) is 1. The van der Waals surface area contributed by atoms with Crippen molar-refractivity contribution in [1.29, 1.82) is 0 Å². The van der Waals surface area contributed by atoms with Gasteiger partial charge in [0.1, 0.15) is 0 Å². The second-order valence-electron chi connectivity index (χ2n) is 3.56. The molecule has 0 aliphatic rings. The van der Waals surface area contributed by atoms with Crippen LogP contribution >= 0.6 is 22.9 Å². The Hall–Kier alpha value is -1.39. The molecule has 0 unspecified atom stereocenters. The van der Waals surface area contributed by atoms with Crippen LogP contribution in [0.5, 0.6) is 0 Å². The number of halogens is 1. The summed E-state index contributed by atoms with van der Waals surface area (Å²) in [6.07, 6.45) is -0.0785. The average molecular weight is 268 g/mol. The molecule has 0 atom stereocenters. The highest BCUT2D eigenvalue weighted by atomic mass is 35.5. The fraction of sp³-hybridized carbons (Fsp3) is 0.167. The molecule has 0 aliphatic carbocycles. The summed E-state index contributed by atoms with van der Waals surface area (Å²) in [6, 6.07) is 7.38. The number of nitrogens with zero attached hydrogens (tertiary/aromatic N) is 1. The fourth-order valence-electron chi connectivity index (χ4n) is 1.59. The molecular formula is C12H10ClNO2S. The summed E-state index contributed by atoms with van der Waals surface area (Å²) in [4.78, 5) is 15.9. The molecule has 0 saturated heterocycles. The third-order valence-electron chi connectivity index (χ3n) is 2.24. The number of aryl methyl sites for hydroxylation is 1. The number of hydrogen-bond donors (Lipinski definition) is 1. The zero-order valence-electron chi connectivity index (χ0n) is 9.11. The van der Waals surface area contributed by atoms with E-state index in [4.69, 9.17) is 16.7 Å². The smallest absolute Gasteiger partial charge is 0.309 e. The van der Waals surface area contributed by atoms with Crippen molar-refractivity contribution < 1.29 is 9.90 Å². The van der Waals surface area contributed by atoms with Gasteiger partial charge in [0.2, 0.25) is 0 Å². The first-order valence-corrected chi connectivity index (χ1v) is 6.20. The summed E-state index contributed by atoms with van der Waals surface area (Å²) < 4.78 is 0. The summed E-state index contributed by atoms with van der Waals surface area (Å²) in [5, 5.41) is 10.3. The van der Waals surface area contributed by atoms with Gasteiger partial charge < -0.3 is 5.11 Å². The van der Waals surface area contributed by atoms with Crippen molar-refractivity contribution in [2.45, 2.75) is 13.3 Å². The SMILES string of the molecule is Cc1nc(CC(=O)O)c(-c2ccccc2Cl)s1. The van der Waals surface area contributed by atoms with E-state index in [0.29, 0.717) is 10.7 Å². The molecule has 88 valence electrons. The molecular weight excluding hydrogens is 258 g/mol. The van der Waals surface area contributed by atoms with Gasteiger partial charge in [-0.05, 0) is 13.0 Å². The molecule has 0 saturated carbocycles. The lowest BCUT2D eigenvalue weighted by molar-refractivity contribution is -0.136. The predicted molar refractivity (Wildman–Crippen MR) is 68.6 cm³/mol. The molecule has 2 aromatic rings. The van der Waals surface area contributed by atoms with E-state index in [1.807, 2.05) is 25.1 Å². The van der Waals surface area contributed by atoms with Gasteiger partial charge in [0, 0.05) is 10.6 Å². The van der Waals surface area contributed by atoms with Gasteiger partial charge in [-0.2, -0.15) is 0 Å². The molecule has 0 amide bonds. The van der Waals surface area contributed by atoms with Crippen LogP contribution in [0, 0.1) is 6.92 Å². The topological polar surface area (TPSA) is 50.2 Å². The molecule has 1 aromatic carbocycles. The minimum atomic E-state index is -0.886. The van der Waals surface area contributed by atoms with Gasteiger partial charge in [-0.3, -0.25) is 4.79 Å². The molecule has 2 rings (SSSR count). The Morgan fingerprint density at radius 1 is 1.47 bits per heavy atom. The minimum Gasteiger partial charge on any atom is -0.481 e. The monoisotopic (exact) mass is 267 g/mol. The Kier molecular flexibility index (Phi) is 3.45. The molecule has 0 spiro atoms. The molecule has 3 nitrogen and oxygen atoms in total. The first kappa shape index (κ1) is 12.1. The van der Waals surface area contributed by atoms with E-state index in [1.165, 1.54) is 11.3 Å². The molecule has 0 radical (unpaired) electrons. The van der Waals surface area contributed by atoms with E-state index in [0.717, 1.165) is 15.4 Å². The van der Waals surface area contributed by atoms with Gasteiger partial charge in [-0.15, -0.1) is 11.3 Å². The zero-order chi connectivity index (χ0) is 12.4. The number of aromatic nitrogens is 1. The number of carbonyl (C=O) groups is 1. The first-order chi connectivity index (χ1) is 8.08. The maximum absolute atomic E-state index is 10.8. The van der Waals surface area contributed by atoms with Crippen molar-refractivity contribution in [1.82, 2.24) is 4.98 Å². The standard InChI is InChI=1S/C12H10ClNO2S/c1-7-14-10(6-11(15)16)12(17-7)8-4-2-3-5-9(8)13/h2-5H,6H2,1H3,(H,15,16). The van der Waals surface area contributed by atoms with Crippen molar-refractivity contribution in [3.8, 4) is 10.4 Å². The van der Waals surface area contributed by atoms with Crippen LogP contribution < -0.4 is 0 Å². The number of thiazole rings is 1. The summed E-state index contributed by atoms with van der Waals surface area (Å²) in [7, 11) is 0. The summed E-state index contributed by atoms with van der Waals surface area (Å²) in [6.45, 7) is 1.86. The quantitative estimate of drug-likeness (QED) is 0.927. The van der Waals surface area contributed by atoms with Crippen molar-refractivity contribution in [2.75, 3.05) is 0 Å². The lowest BCUT2D eigenvalue weighted by Gasteiger charge is -2.02. The van der Waals surface area contributed by atoms with Crippen LogP contribution in [-0.4, -0.2) is 16.1 Å². The highest BCUT2D eigenvalue weighted by Crippen LogP contribution is 2.35. The second-order valence-corrected chi connectivity index (χ2v) is 5.17. The number of carboxylic acids is 1. The van der Waals surface area contributed by atoms with E-state index in [1.54, 1.807) is 6.07 Å². The van der Waals surface area contributed by atoms with Gasteiger partial charge in [0.05, 0.1) is 22.0 Å². The molecule has 0 aliphatic heterocycles. The first-order valence-electron chi connectivity index (χ1n) is 5.01. The summed E-state index contributed by atoms with van der Waals surface area (Å²) >= 11 is 7.57. The molecule has 1 N–H and O–H groups in total. The van der Waals surface area contributed by atoms with Crippen molar-refractivity contribution in [2.24, 2.45) is 0 Å². The van der Waals surface area contributed by atoms with Crippen LogP contribution in [-0.2, 0) is 11.2 Å². The maximum atomic E-state index is 10.8. The van der Waals surface area contributed by atoms with Crippen molar-refractivity contribution in [3.05, 3.63) is 40.0 Å². The van der Waals surface area contributed by atoms with Crippen LogP contribution in [0.1, 0.15) is 10.7 Å². The largest absolute Gasteiger partial charge is 0.481 e. The summed E-state index contributed by atoms with van der Waals surface area (Å²) in [5.41, 5.74) is 1.42. The molecule has 17 heavy (non-hydrogen) atoms. The van der Waals surface area contributed by atoms with Gasteiger partial charge in [0.15, 0.2) is 0 Å². The molecule has 0 fully saturated rings. The van der Waals surface area contributed by atoms with E-state index in [2.05, 4.69) is 4.98 Å². The Morgan fingerprint density at radius 3 is 2.82 bits per heavy atom. The van der Waals surface area contributed by atoms with E-state index >= 15 is 0 Å². The highest BCUT2D eigenvalue weighted by Gasteiger charge is 2.15. The number of aliphatic carboxylic acids is 1. The molecule has 1 heterocycles. The average Bonchev–Trinajstić information content (AvgIpc) is 2.59. The third-order valence-corrected chi connectivity index (χ3v) is 3.62. The van der Waals surface area contributed by atoms with Gasteiger partial charge >= 0.3 is 5.97 Å². The molecule has 0 bridgehead atoms. The normalized spacial score (nSPS) is 10.5. The molecule has 1 aromatic heterocycles. The van der Waals surface area contributed by atoms with Gasteiger partial charge in [-0.25, -0.2) is 4.98 Å². The number of benzene rings is 1. The Labute approximate surface area is 108 Å². The van der Waals surface area contributed by atoms with Crippen LogP contribution in [0.2, 0.25) is 5.02 Å². The lowest BCUT2D eigenvalue weighted by atomic mass is 10.1. The van der Waals surface area contributed by atoms with Gasteiger partial charge in [0.25, 0.3) is 0 Å². The summed E-state index contributed by atoms with van der Waals surface area (Å²) in [5.74, 6) is -0.886. The lowest BCUT2D eigenvalue weighted by Crippen LogP contribution is -2.01. The highest BCUT2D eigenvalue weighted by molar-refractivity contribution is 7.15. The van der Waals surface area contributed by atoms with Crippen molar-refractivity contribution >= 4 is 28.9 Å². The van der Waals surface area contributed by atoms with Crippen LogP contribution in [0.25, 0.3) is 10.4 Å². The van der Waals surface area contributed by atoms with E-state index < -0.39 is 5.97 Å². The third kappa shape index (κ3) is 2.65. The number of rotatable bonds is 3. The number of hydrogen-bond acceptors (Lipinski definition) is 3. The minimum absolute atomic E-state index is 0.0785. The van der Waals surface area contributed by atoms with Crippen molar-refractivity contribution in [3.63, 3.8) is 0 Å². The fourth-order valence-corrected chi connectivity index (χ4v) is 2.85. The Morgan fingerprint density at radius 2 is 2.18 bits per heavy atom. The predicted octanol–water partition coefficient (Wildman–Crippen LogP) is 3.40. The van der Waals surface area contributed by atoms with Gasteiger partial charge in [-0.1, -0.05) is 29.8 Å². The maximum Gasteiger partial charge on any atom is 0.309 e. The zero-order valence-corrected chi connectivity index (χ0v) is 10.7. The van der Waals surface area contributed by atoms with E-state index in [9.17, 15) is 4.79 Å². The molecule has 5 heteroatoms. The van der Waals surface area contributed by atoms with Crippen LogP contribution in [0.15, 0.2) is 24.3 Å². The Balaban J connectivity index is 2.51. The second kappa shape index (κ2) is 4.85. The van der Waals surface area contributed by atoms with E-state index in [-0.39, 0.29) is 6.42 Å². The van der Waals surface area contributed by atoms with Crippen LogP contribution in [0.3, 0.4) is 0 Å².